The quantitative estimate of drug-likeness (QED) is 0.0725. The number of alkyl halides is 2. The fraction of sp³-hybridized carbons (Fsp3) is 0.204. The Labute approximate surface area is 367 Å². The minimum Gasteiger partial charge on any atom is -0.507 e. The van der Waals surface area contributed by atoms with Crippen LogP contribution in [0.1, 0.15) is 93.7 Å². The van der Waals surface area contributed by atoms with Crippen molar-refractivity contribution in [1.82, 2.24) is 41.2 Å². The minimum atomic E-state index is -1.37. The highest BCUT2D eigenvalue weighted by molar-refractivity contribution is 5.92. The molecule has 0 saturated carbocycles. The van der Waals surface area contributed by atoms with Crippen LogP contribution in [-0.2, 0) is 18.0 Å². The number of aromatic amines is 2. The molecule has 4 atom stereocenters. The van der Waals surface area contributed by atoms with Crippen molar-refractivity contribution in [3.63, 3.8) is 0 Å². The summed E-state index contributed by atoms with van der Waals surface area (Å²) in [4.78, 5) is 13.9. The van der Waals surface area contributed by atoms with E-state index < -0.39 is 24.2 Å². The Morgan fingerprint density at radius 2 is 0.984 bits per heavy atom. The number of aromatic nitrogens is 8. The zero-order valence-corrected chi connectivity index (χ0v) is 35.3. The Morgan fingerprint density at radius 1 is 0.578 bits per heavy atom. The first-order chi connectivity index (χ1) is 31.0. The van der Waals surface area contributed by atoms with Gasteiger partial charge >= 0.3 is 0 Å². The maximum Gasteiger partial charge on any atom is 0.179 e. The highest BCUT2D eigenvalue weighted by Crippen LogP contribution is 2.41. The van der Waals surface area contributed by atoms with Gasteiger partial charge in [-0.25, -0.2) is 19.0 Å². The van der Waals surface area contributed by atoms with Gasteiger partial charge < -0.3 is 19.7 Å². The number of rotatable bonds is 16. The first kappa shape index (κ1) is 42.9. The molecule has 13 nitrogen and oxygen atoms in total. The number of phenolic OH excluding ortho intramolecular Hbond substituents is 2. The van der Waals surface area contributed by atoms with Gasteiger partial charge in [0.2, 0.25) is 0 Å². The van der Waals surface area contributed by atoms with E-state index >= 15 is 8.78 Å². The van der Waals surface area contributed by atoms with Gasteiger partial charge in [-0.3, -0.25) is 4.79 Å². The van der Waals surface area contributed by atoms with Crippen LogP contribution in [0.15, 0.2) is 121 Å². The first-order valence-electron chi connectivity index (χ1n) is 20.5. The van der Waals surface area contributed by atoms with Gasteiger partial charge in [0.15, 0.2) is 24.0 Å². The van der Waals surface area contributed by atoms with Crippen molar-refractivity contribution < 1.29 is 33.3 Å². The molecule has 324 valence electrons. The smallest absolute Gasteiger partial charge is 0.179 e. The molecule has 0 fully saturated rings. The fourth-order valence-corrected chi connectivity index (χ4v) is 7.62. The Balaban J connectivity index is 0.861. The average molecular weight is 863 g/mol. The van der Waals surface area contributed by atoms with Crippen molar-refractivity contribution in [2.75, 3.05) is 0 Å². The monoisotopic (exact) mass is 862 g/mol. The third kappa shape index (κ3) is 9.05. The van der Waals surface area contributed by atoms with E-state index in [0.717, 1.165) is 11.1 Å². The van der Waals surface area contributed by atoms with Crippen LogP contribution in [0.5, 0.6) is 23.0 Å². The molecule has 8 rings (SSSR count). The summed E-state index contributed by atoms with van der Waals surface area (Å²) in [7, 11) is 0. The molecular formula is C49H44F2N8O5. The maximum atomic E-state index is 15.5. The number of hydrogen-bond acceptors (Lipinski definition) is 11. The molecule has 8 aromatic rings. The molecule has 4 unspecified atom stereocenters. The van der Waals surface area contributed by atoms with Crippen LogP contribution in [0.2, 0.25) is 0 Å². The van der Waals surface area contributed by atoms with Crippen LogP contribution in [0.3, 0.4) is 0 Å². The second-order valence-electron chi connectivity index (χ2n) is 15.6. The normalized spacial score (nSPS) is 13.2. The summed E-state index contributed by atoms with van der Waals surface area (Å²) in [5.74, 6) is 0.0379. The number of ketones is 1. The summed E-state index contributed by atoms with van der Waals surface area (Å²) in [6, 6.07) is 34.7. The molecule has 0 radical (unpaired) electrons. The van der Waals surface area contributed by atoms with E-state index in [1.165, 1.54) is 0 Å². The number of nitrogens with zero attached hydrogens (tertiary/aromatic N) is 6. The summed E-state index contributed by atoms with van der Waals surface area (Å²) in [6.07, 6.45) is -2.73. The first-order valence-corrected chi connectivity index (χ1v) is 20.5. The van der Waals surface area contributed by atoms with Crippen LogP contribution in [0.25, 0.3) is 22.8 Å². The second-order valence-corrected chi connectivity index (χ2v) is 15.6. The number of H-pyrrole nitrogens is 2. The lowest BCUT2D eigenvalue weighted by molar-refractivity contribution is -0.121. The summed E-state index contributed by atoms with van der Waals surface area (Å²) in [5.41, 5.74) is 6.64. The van der Waals surface area contributed by atoms with E-state index in [1.54, 1.807) is 149 Å². The third-order valence-electron chi connectivity index (χ3n) is 11.5. The van der Waals surface area contributed by atoms with Crippen molar-refractivity contribution >= 4 is 5.78 Å². The Hall–Kier alpha value is -7.81. The van der Waals surface area contributed by atoms with Crippen molar-refractivity contribution in [2.24, 2.45) is 0 Å². The average Bonchev–Trinajstić information content (AvgIpc) is 4.09. The lowest BCUT2D eigenvalue weighted by Gasteiger charge is -2.22. The van der Waals surface area contributed by atoms with E-state index in [2.05, 4.69) is 41.2 Å². The van der Waals surface area contributed by atoms with Gasteiger partial charge in [-0.1, -0.05) is 111 Å². The zero-order chi connectivity index (χ0) is 44.9. The van der Waals surface area contributed by atoms with Crippen LogP contribution in [0, 0.1) is 13.8 Å². The fourth-order valence-electron chi connectivity index (χ4n) is 7.62. The Morgan fingerprint density at radius 3 is 1.36 bits per heavy atom. The standard InChI is InChI=1S/C49H44F2N8O5/c1-27(39-19-21-41(29(3)46(39)61)63-25-31-11-15-33(16-12-31)43(50)35-7-5-9-37(23-35)48-52-56-57-53-48)45(60)28(2)40-20-22-42(30(4)47(40)62)64-26-32-13-17-34(18-14-32)44(51)36-8-6-10-38(24-36)49-54-58-59-55-49/h5-24,27-28,43-44,61-62H,25-26H2,1-4H3,(H,52,53,56,57)(H,54,55,58,59). The van der Waals surface area contributed by atoms with Crippen LogP contribution < -0.4 is 9.47 Å². The van der Waals surface area contributed by atoms with Gasteiger partial charge in [-0.05, 0) is 92.3 Å². The molecule has 0 aliphatic carbocycles. The SMILES string of the molecule is Cc1c(OCc2ccc(C(F)c3cccc(-c4nnn[nH]4)c3)cc2)ccc(C(C)C(=O)C(C)c2ccc(OCc3ccc(C(F)c4cccc(-c5nnn[nH]5)c4)cc3)c(C)c2O)c1O. The number of carbonyl (C=O) groups excluding carboxylic acids is 1. The number of Topliss-reactive ketones (excluding diaryl/α,β-unsaturated/α-hetero) is 1. The molecule has 0 aliphatic rings. The van der Waals surface area contributed by atoms with Crippen LogP contribution >= 0.6 is 0 Å². The van der Waals surface area contributed by atoms with Gasteiger partial charge in [0.05, 0.1) is 0 Å². The van der Waals surface area contributed by atoms with Gasteiger partial charge in [0, 0.05) is 45.2 Å². The van der Waals surface area contributed by atoms with Gasteiger partial charge in [0.25, 0.3) is 0 Å². The zero-order valence-electron chi connectivity index (χ0n) is 35.3. The molecule has 0 spiro atoms. The minimum absolute atomic E-state index is 0.0569. The molecule has 4 N–H and O–H groups in total. The topological polar surface area (TPSA) is 185 Å². The van der Waals surface area contributed by atoms with E-state index in [4.69, 9.17) is 9.47 Å². The molecule has 0 saturated heterocycles. The second kappa shape index (κ2) is 18.7. The Kier molecular flexibility index (Phi) is 12.5. The lowest BCUT2D eigenvalue weighted by atomic mass is 9.84. The number of carbonyl (C=O) groups is 1. The largest absolute Gasteiger partial charge is 0.507 e. The van der Waals surface area contributed by atoms with E-state index in [0.29, 0.717) is 78.8 Å². The van der Waals surface area contributed by atoms with Gasteiger partial charge in [-0.2, -0.15) is 0 Å². The van der Waals surface area contributed by atoms with Gasteiger partial charge in [0.1, 0.15) is 42.0 Å². The molecule has 0 bridgehead atoms. The van der Waals surface area contributed by atoms with Crippen molar-refractivity contribution in [1.29, 1.82) is 0 Å². The molecule has 64 heavy (non-hydrogen) atoms. The van der Waals surface area contributed by atoms with E-state index in [1.807, 2.05) is 0 Å². The van der Waals surface area contributed by atoms with Crippen LogP contribution in [0.4, 0.5) is 8.78 Å². The maximum absolute atomic E-state index is 15.5. The third-order valence-corrected chi connectivity index (χ3v) is 11.5. The molecule has 15 heteroatoms. The number of ether oxygens (including phenoxy) is 2. The number of nitrogens with one attached hydrogen (secondary N) is 2. The number of benzene rings is 6. The summed E-state index contributed by atoms with van der Waals surface area (Å²) < 4.78 is 43.2. The molecule has 2 heterocycles. The van der Waals surface area contributed by atoms with Gasteiger partial charge in [-0.15, -0.1) is 10.2 Å². The number of hydrogen-bond donors (Lipinski definition) is 4. The molecule has 6 aromatic carbocycles. The predicted octanol–water partition coefficient (Wildman–Crippen LogP) is 9.83. The number of aromatic hydroxyl groups is 2. The number of halogens is 2. The number of phenols is 2. The highest BCUT2D eigenvalue weighted by Gasteiger charge is 2.29. The summed E-state index contributed by atoms with van der Waals surface area (Å²) >= 11 is 0. The van der Waals surface area contributed by atoms with Crippen molar-refractivity contribution in [3.8, 4) is 45.8 Å². The Bertz CT molecular complexity index is 2680. The molecular weight excluding hydrogens is 819 g/mol. The highest BCUT2D eigenvalue weighted by atomic mass is 19.1. The van der Waals surface area contributed by atoms with E-state index in [9.17, 15) is 15.0 Å². The van der Waals surface area contributed by atoms with Crippen LogP contribution in [-0.4, -0.2) is 57.2 Å². The summed E-state index contributed by atoms with van der Waals surface area (Å²) in [6.45, 7) is 7.21. The van der Waals surface area contributed by atoms with Crippen molar-refractivity contribution in [3.05, 3.63) is 177 Å². The number of tetrazole rings is 2. The lowest BCUT2D eigenvalue weighted by Crippen LogP contribution is -2.17. The molecule has 0 aliphatic heterocycles. The molecule has 0 amide bonds. The molecule has 2 aromatic heterocycles. The summed E-state index contributed by atoms with van der Waals surface area (Å²) in [5, 5.41) is 50.1. The predicted molar refractivity (Wildman–Crippen MR) is 234 cm³/mol. The van der Waals surface area contributed by atoms with Crippen molar-refractivity contribution in [2.45, 2.75) is 65.1 Å². The van der Waals surface area contributed by atoms with E-state index in [-0.39, 0.29) is 30.5 Å².